The van der Waals surface area contributed by atoms with Crippen molar-refractivity contribution in [3.63, 3.8) is 0 Å². The maximum atomic E-state index is 12.5. The van der Waals surface area contributed by atoms with E-state index in [1.54, 1.807) is 25.1 Å². The Morgan fingerprint density at radius 3 is 2.52 bits per heavy atom. The van der Waals surface area contributed by atoms with Crippen molar-refractivity contribution >= 4 is 38.9 Å². The molecule has 2 aromatic carbocycles. The number of anilines is 1. The Morgan fingerprint density at radius 1 is 1.14 bits per heavy atom. The lowest BCUT2D eigenvalue weighted by Gasteiger charge is -2.12. The van der Waals surface area contributed by atoms with Crippen LogP contribution in [0, 0.1) is 6.92 Å². The van der Waals surface area contributed by atoms with Gasteiger partial charge in [-0.2, -0.15) is 0 Å². The van der Waals surface area contributed by atoms with Gasteiger partial charge in [0.1, 0.15) is 0 Å². The van der Waals surface area contributed by atoms with Gasteiger partial charge in [0, 0.05) is 5.02 Å². The lowest BCUT2D eigenvalue weighted by molar-refractivity contribution is 0.281. The summed E-state index contributed by atoms with van der Waals surface area (Å²) in [5, 5.41) is 9.76. The SMILES string of the molecule is Cc1ccc(CO)cc1S(=O)(=O)Nc1cc(Cl)ccc1Cl. The number of nitrogens with one attached hydrogen (secondary N) is 1. The van der Waals surface area contributed by atoms with Crippen molar-refractivity contribution in [2.75, 3.05) is 4.72 Å². The van der Waals surface area contributed by atoms with Gasteiger partial charge >= 0.3 is 0 Å². The zero-order valence-electron chi connectivity index (χ0n) is 11.1. The highest BCUT2D eigenvalue weighted by atomic mass is 35.5. The molecule has 0 aliphatic heterocycles. The van der Waals surface area contributed by atoms with E-state index in [-0.39, 0.29) is 22.2 Å². The molecule has 0 aliphatic rings. The van der Waals surface area contributed by atoms with Gasteiger partial charge in [0.2, 0.25) is 0 Å². The van der Waals surface area contributed by atoms with Crippen LogP contribution in [0.3, 0.4) is 0 Å². The Morgan fingerprint density at radius 2 is 1.86 bits per heavy atom. The molecule has 0 saturated carbocycles. The van der Waals surface area contributed by atoms with Gasteiger partial charge in [-0.3, -0.25) is 4.72 Å². The minimum Gasteiger partial charge on any atom is -0.392 e. The molecule has 0 amide bonds. The van der Waals surface area contributed by atoms with Crippen molar-refractivity contribution in [1.29, 1.82) is 0 Å². The molecule has 0 radical (unpaired) electrons. The van der Waals surface area contributed by atoms with Gasteiger partial charge in [0.05, 0.1) is 22.2 Å². The molecule has 2 N–H and O–H groups in total. The number of halogens is 2. The van der Waals surface area contributed by atoms with E-state index in [4.69, 9.17) is 28.3 Å². The molecule has 0 aliphatic carbocycles. The topological polar surface area (TPSA) is 66.4 Å². The van der Waals surface area contributed by atoms with Gasteiger partial charge < -0.3 is 5.11 Å². The second-order valence-electron chi connectivity index (χ2n) is 4.49. The van der Waals surface area contributed by atoms with E-state index in [1.165, 1.54) is 18.2 Å². The summed E-state index contributed by atoms with van der Waals surface area (Å²) in [7, 11) is -3.82. The first kappa shape index (κ1) is 16.1. The van der Waals surface area contributed by atoms with Crippen LogP contribution in [0.2, 0.25) is 10.0 Å². The largest absolute Gasteiger partial charge is 0.392 e. The van der Waals surface area contributed by atoms with E-state index in [1.807, 2.05) is 0 Å². The van der Waals surface area contributed by atoms with Gasteiger partial charge in [-0.1, -0.05) is 35.3 Å². The summed E-state index contributed by atoms with van der Waals surface area (Å²) in [6.45, 7) is 1.44. The van der Waals surface area contributed by atoms with Gasteiger partial charge in [-0.15, -0.1) is 0 Å². The van der Waals surface area contributed by atoms with Crippen molar-refractivity contribution < 1.29 is 13.5 Å². The van der Waals surface area contributed by atoms with Gasteiger partial charge in [-0.05, 0) is 42.3 Å². The average Bonchev–Trinajstić information content (AvgIpc) is 2.43. The van der Waals surface area contributed by atoms with E-state index in [2.05, 4.69) is 4.72 Å². The minimum atomic E-state index is -3.82. The second-order valence-corrected chi connectivity index (χ2v) is 6.98. The van der Waals surface area contributed by atoms with Crippen LogP contribution < -0.4 is 4.72 Å². The van der Waals surface area contributed by atoms with Crippen LogP contribution >= 0.6 is 23.2 Å². The third-order valence-electron chi connectivity index (χ3n) is 2.90. The van der Waals surface area contributed by atoms with Crippen molar-refractivity contribution in [3.05, 3.63) is 57.6 Å². The minimum absolute atomic E-state index is 0.0880. The number of hydrogen-bond acceptors (Lipinski definition) is 3. The van der Waals surface area contributed by atoms with Crippen LogP contribution in [0.5, 0.6) is 0 Å². The molecule has 0 spiro atoms. The summed E-state index contributed by atoms with van der Waals surface area (Å²) in [6, 6.07) is 9.25. The quantitative estimate of drug-likeness (QED) is 0.889. The number of aliphatic hydroxyl groups is 1. The Hall–Kier alpha value is -1.27. The molecule has 0 saturated heterocycles. The van der Waals surface area contributed by atoms with E-state index >= 15 is 0 Å². The van der Waals surface area contributed by atoms with E-state index < -0.39 is 10.0 Å². The number of sulfonamides is 1. The number of hydrogen-bond donors (Lipinski definition) is 2. The molecule has 2 aromatic rings. The lowest BCUT2D eigenvalue weighted by atomic mass is 10.2. The maximum absolute atomic E-state index is 12.5. The molecule has 0 fully saturated rings. The summed E-state index contributed by atoms with van der Waals surface area (Å²) in [5.74, 6) is 0. The Labute approximate surface area is 133 Å². The fourth-order valence-electron chi connectivity index (χ4n) is 1.81. The van der Waals surface area contributed by atoms with E-state index in [0.717, 1.165) is 0 Å². The highest BCUT2D eigenvalue weighted by Crippen LogP contribution is 2.28. The average molecular weight is 346 g/mol. The van der Waals surface area contributed by atoms with E-state index in [0.29, 0.717) is 16.1 Å². The second kappa shape index (κ2) is 6.23. The van der Waals surface area contributed by atoms with Gasteiger partial charge in [-0.25, -0.2) is 8.42 Å². The standard InChI is InChI=1S/C14H13Cl2NO3S/c1-9-2-3-10(8-18)6-14(9)21(19,20)17-13-7-11(15)4-5-12(13)16/h2-7,17-18H,8H2,1H3. The number of aliphatic hydroxyl groups excluding tert-OH is 1. The molecule has 0 unspecified atom stereocenters. The smallest absolute Gasteiger partial charge is 0.262 e. The van der Waals surface area contributed by atoms with Gasteiger partial charge in [0.15, 0.2) is 0 Å². The van der Waals surface area contributed by atoms with Crippen LogP contribution in [0.15, 0.2) is 41.3 Å². The molecular formula is C14H13Cl2NO3S. The number of rotatable bonds is 4. The van der Waals surface area contributed by atoms with Crippen molar-refractivity contribution in [2.45, 2.75) is 18.4 Å². The zero-order valence-corrected chi connectivity index (χ0v) is 13.4. The Kier molecular flexibility index (Phi) is 4.78. The van der Waals surface area contributed by atoms with E-state index in [9.17, 15) is 8.42 Å². The summed E-state index contributed by atoms with van der Waals surface area (Å²) < 4.78 is 27.3. The summed E-state index contributed by atoms with van der Waals surface area (Å²) in [4.78, 5) is 0.0880. The monoisotopic (exact) mass is 345 g/mol. The summed E-state index contributed by atoms with van der Waals surface area (Å²) in [5.41, 5.74) is 1.29. The predicted molar refractivity (Wildman–Crippen MR) is 84.4 cm³/mol. The molecule has 0 heterocycles. The van der Waals surface area contributed by atoms with Crippen molar-refractivity contribution in [3.8, 4) is 0 Å². The molecule has 4 nitrogen and oxygen atoms in total. The Bertz CT molecular complexity index is 776. The van der Waals surface area contributed by atoms with Crippen LogP contribution in [-0.4, -0.2) is 13.5 Å². The number of benzene rings is 2. The normalized spacial score (nSPS) is 11.4. The summed E-state index contributed by atoms with van der Waals surface area (Å²) in [6.07, 6.45) is 0. The molecule has 21 heavy (non-hydrogen) atoms. The summed E-state index contributed by atoms with van der Waals surface area (Å²) >= 11 is 11.8. The zero-order chi connectivity index (χ0) is 15.6. The highest BCUT2D eigenvalue weighted by molar-refractivity contribution is 7.92. The highest BCUT2D eigenvalue weighted by Gasteiger charge is 2.19. The molecular weight excluding hydrogens is 333 g/mol. The lowest BCUT2D eigenvalue weighted by Crippen LogP contribution is -2.15. The molecule has 0 aromatic heterocycles. The van der Waals surface area contributed by atoms with Crippen LogP contribution in [0.1, 0.15) is 11.1 Å². The van der Waals surface area contributed by atoms with Crippen LogP contribution in [0.4, 0.5) is 5.69 Å². The predicted octanol–water partition coefficient (Wildman–Crippen LogP) is 3.59. The first-order chi connectivity index (χ1) is 9.83. The first-order valence-corrected chi connectivity index (χ1v) is 8.25. The van der Waals surface area contributed by atoms with Crippen molar-refractivity contribution in [1.82, 2.24) is 0 Å². The molecule has 0 atom stereocenters. The Balaban J connectivity index is 2.45. The fourth-order valence-corrected chi connectivity index (χ4v) is 3.57. The van der Waals surface area contributed by atoms with Crippen LogP contribution in [-0.2, 0) is 16.6 Å². The molecule has 0 bridgehead atoms. The molecule has 7 heteroatoms. The van der Waals surface area contributed by atoms with Crippen LogP contribution in [0.25, 0.3) is 0 Å². The molecule has 112 valence electrons. The number of aryl methyl sites for hydroxylation is 1. The van der Waals surface area contributed by atoms with Crippen molar-refractivity contribution in [2.24, 2.45) is 0 Å². The third kappa shape index (κ3) is 3.68. The fraction of sp³-hybridized carbons (Fsp3) is 0.143. The first-order valence-electron chi connectivity index (χ1n) is 6.02. The molecule has 2 rings (SSSR count). The third-order valence-corrected chi connectivity index (χ3v) is 4.97. The maximum Gasteiger partial charge on any atom is 0.262 e. The van der Waals surface area contributed by atoms with Gasteiger partial charge in [0.25, 0.3) is 10.0 Å².